The first kappa shape index (κ1) is 32.5. The lowest BCUT2D eigenvalue weighted by atomic mass is 9.76. The monoisotopic (exact) mass is 617 g/mol. The van der Waals surface area contributed by atoms with Crippen LogP contribution in [0, 0.1) is 23.7 Å². The van der Waals surface area contributed by atoms with E-state index >= 15 is 0 Å². The molecule has 6 N–H and O–H groups in total. The number of nitrogens with zero attached hydrogens (tertiary/aromatic N) is 1. The number of aliphatic imine (C=N–C) groups is 1. The Morgan fingerprint density at radius 2 is 2.04 bits per heavy atom. The molecule has 1 heterocycles. The van der Waals surface area contributed by atoms with Crippen LogP contribution in [0.5, 0.6) is 23.0 Å². The van der Waals surface area contributed by atoms with E-state index in [-0.39, 0.29) is 60.0 Å². The number of carbonyl (C=O) groups is 1. The molecule has 9 heteroatoms. The lowest BCUT2D eigenvalue weighted by Gasteiger charge is -2.36. The number of methoxy groups -OCH3 is 1. The zero-order valence-corrected chi connectivity index (χ0v) is 26.7. The summed E-state index contributed by atoms with van der Waals surface area (Å²) in [4.78, 5) is 17.4. The Morgan fingerprint density at radius 3 is 2.82 bits per heavy atom. The maximum Gasteiger partial charge on any atom is 0.188 e. The maximum atomic E-state index is 13.0. The van der Waals surface area contributed by atoms with Gasteiger partial charge in [-0.05, 0) is 67.1 Å². The van der Waals surface area contributed by atoms with Gasteiger partial charge in [0.2, 0.25) is 0 Å². The number of hydrogen-bond donors (Lipinski definition) is 5. The van der Waals surface area contributed by atoms with E-state index < -0.39 is 6.10 Å². The highest BCUT2D eigenvalue weighted by Crippen LogP contribution is 2.53. The van der Waals surface area contributed by atoms with Gasteiger partial charge < -0.3 is 35.8 Å². The van der Waals surface area contributed by atoms with Gasteiger partial charge in [0.25, 0.3) is 0 Å². The summed E-state index contributed by atoms with van der Waals surface area (Å²) in [7, 11) is 1.48. The number of carbonyl (C=O) groups excluding carboxylic acids is 1. The number of aromatic hydroxyl groups is 2. The van der Waals surface area contributed by atoms with Crippen molar-refractivity contribution in [2.75, 3.05) is 26.8 Å². The number of rotatable bonds is 6. The molecule has 2 aromatic rings. The fourth-order valence-electron chi connectivity index (χ4n) is 7.10. The molecule has 0 aromatic heterocycles. The molecule has 9 nitrogen and oxygen atoms in total. The minimum Gasteiger partial charge on any atom is -0.504 e. The number of benzene rings is 2. The molecule has 2 bridgehead atoms. The molecular formula is C36H47N3O6. The van der Waals surface area contributed by atoms with Crippen molar-refractivity contribution < 1.29 is 29.6 Å². The molecule has 0 saturated heterocycles. The Morgan fingerprint density at radius 1 is 1.22 bits per heavy atom. The third-order valence-electron chi connectivity index (χ3n) is 9.35. The summed E-state index contributed by atoms with van der Waals surface area (Å²) in [6.45, 7) is 6.04. The summed E-state index contributed by atoms with van der Waals surface area (Å²) in [6, 6.07) is 5.35. The minimum atomic E-state index is -0.778. The molecule has 5 rings (SSSR count). The lowest BCUT2D eigenvalue weighted by molar-refractivity contribution is -0.121. The highest BCUT2D eigenvalue weighted by molar-refractivity contribution is 5.79. The second-order valence-corrected chi connectivity index (χ2v) is 13.1. The van der Waals surface area contributed by atoms with Crippen LogP contribution in [0.15, 0.2) is 23.2 Å². The summed E-state index contributed by atoms with van der Waals surface area (Å²) in [5, 5.41) is 36.3. The summed E-state index contributed by atoms with van der Waals surface area (Å²) in [6.07, 6.45) is 4.35. The van der Waals surface area contributed by atoms with E-state index in [1.54, 1.807) is 12.1 Å². The summed E-state index contributed by atoms with van der Waals surface area (Å²) < 4.78 is 11.8. The quantitative estimate of drug-likeness (QED) is 0.179. The van der Waals surface area contributed by atoms with Crippen molar-refractivity contribution in [3.8, 4) is 34.8 Å². The Hall–Kier alpha value is -3.90. The van der Waals surface area contributed by atoms with Crippen molar-refractivity contribution in [2.24, 2.45) is 22.6 Å². The van der Waals surface area contributed by atoms with Gasteiger partial charge in [-0.3, -0.25) is 9.79 Å². The Balaban J connectivity index is 1.50. The van der Waals surface area contributed by atoms with E-state index in [0.29, 0.717) is 61.3 Å². The standard InChI is InChI=1S/C36H47N3O6/c1-21(2)19-39-36(37)38-15-14-25-20-45-35-32-28(25)8-4-6-23-16-27(41)18-26(40)12-10-22-11-13-31(42)34(44-3)29(22)9-5-7-24(33(35)43)17-30(23)32/h11,13,17,21,23,25,27-28,41-43H,4,6-8,10,12,14-16,18-20H2,1-3H3,(H3,37,38,39). The molecule has 2 aromatic carbocycles. The number of phenols is 2. The number of fused-ring (bicyclic) bond motifs is 2. The van der Waals surface area contributed by atoms with E-state index in [1.807, 2.05) is 6.07 Å². The van der Waals surface area contributed by atoms with Crippen LogP contribution in [0.25, 0.3) is 0 Å². The van der Waals surface area contributed by atoms with Crippen LogP contribution in [0.4, 0.5) is 0 Å². The zero-order valence-electron chi connectivity index (χ0n) is 26.7. The fraction of sp³-hybridized carbons (Fsp3) is 0.556. The van der Waals surface area contributed by atoms with Gasteiger partial charge in [-0.1, -0.05) is 44.2 Å². The van der Waals surface area contributed by atoms with Gasteiger partial charge in [-0.15, -0.1) is 0 Å². The Bertz CT molecular complexity index is 1490. The average Bonchev–Trinajstić information content (AvgIpc) is 3.18. The number of aryl methyl sites for hydroxylation is 1. The van der Waals surface area contributed by atoms with Crippen LogP contribution in [0.1, 0.15) is 98.4 Å². The number of phenolic OH excluding ortho intramolecular Hbond substituents is 2. The van der Waals surface area contributed by atoms with Crippen LogP contribution < -0.4 is 20.5 Å². The fourth-order valence-corrected chi connectivity index (χ4v) is 7.10. The number of guanidine groups is 1. The second-order valence-electron chi connectivity index (χ2n) is 13.1. The van der Waals surface area contributed by atoms with Gasteiger partial charge in [0.15, 0.2) is 29.0 Å². The minimum absolute atomic E-state index is 0.0182. The third-order valence-corrected chi connectivity index (χ3v) is 9.35. The first-order valence-corrected chi connectivity index (χ1v) is 16.3. The molecule has 1 aliphatic heterocycles. The molecule has 2 aliphatic carbocycles. The van der Waals surface area contributed by atoms with Gasteiger partial charge >= 0.3 is 0 Å². The SMILES string of the molecule is COc1c(O)ccc2c1C#CCc1cc3c4c(c1O)OCC(CCNC(N)=NCC(C)C)C4CCCC3CC(O)CC(=O)CC2. The van der Waals surface area contributed by atoms with Crippen molar-refractivity contribution in [1.82, 2.24) is 5.32 Å². The summed E-state index contributed by atoms with van der Waals surface area (Å²) >= 11 is 0. The highest BCUT2D eigenvalue weighted by atomic mass is 16.5. The van der Waals surface area contributed by atoms with Crippen molar-refractivity contribution in [1.29, 1.82) is 0 Å². The van der Waals surface area contributed by atoms with E-state index in [1.165, 1.54) is 7.11 Å². The van der Waals surface area contributed by atoms with Gasteiger partial charge in [0.1, 0.15) is 5.78 Å². The molecule has 4 atom stereocenters. The molecule has 0 saturated carbocycles. The molecule has 242 valence electrons. The average molecular weight is 618 g/mol. The normalized spacial score (nSPS) is 23.4. The van der Waals surface area contributed by atoms with Crippen molar-refractivity contribution in [3.63, 3.8) is 0 Å². The number of aliphatic hydroxyl groups excluding tert-OH is 1. The van der Waals surface area contributed by atoms with Crippen molar-refractivity contribution in [3.05, 3.63) is 46.0 Å². The number of hydrogen-bond acceptors (Lipinski definition) is 7. The lowest BCUT2D eigenvalue weighted by Crippen LogP contribution is -2.36. The van der Waals surface area contributed by atoms with Crippen LogP contribution in [-0.2, 0) is 17.6 Å². The molecule has 45 heavy (non-hydrogen) atoms. The number of ether oxygens (including phenoxy) is 2. The van der Waals surface area contributed by atoms with Gasteiger partial charge in [-0.2, -0.15) is 0 Å². The third kappa shape index (κ3) is 7.50. The van der Waals surface area contributed by atoms with E-state index in [2.05, 4.69) is 36.0 Å². The predicted octanol–water partition coefficient (Wildman–Crippen LogP) is 4.67. The topological polar surface area (TPSA) is 147 Å². The number of nitrogens with two attached hydrogens (primary N) is 1. The van der Waals surface area contributed by atoms with Crippen molar-refractivity contribution >= 4 is 11.7 Å². The number of ketones is 1. The summed E-state index contributed by atoms with van der Waals surface area (Å²) in [5.74, 6) is 8.53. The van der Waals surface area contributed by atoms with Gasteiger partial charge in [0.05, 0.1) is 25.4 Å². The van der Waals surface area contributed by atoms with Crippen LogP contribution in [0.3, 0.4) is 0 Å². The van der Waals surface area contributed by atoms with Crippen LogP contribution >= 0.6 is 0 Å². The number of aliphatic hydroxyl groups is 1. The smallest absolute Gasteiger partial charge is 0.188 e. The Kier molecular flexibility index (Phi) is 10.4. The van der Waals surface area contributed by atoms with E-state index in [9.17, 15) is 20.1 Å². The predicted molar refractivity (Wildman–Crippen MR) is 174 cm³/mol. The molecule has 0 fully saturated rings. The molecule has 0 spiro atoms. The van der Waals surface area contributed by atoms with Crippen molar-refractivity contribution in [2.45, 2.75) is 89.6 Å². The first-order chi connectivity index (χ1) is 21.7. The zero-order chi connectivity index (χ0) is 32.1. The van der Waals surface area contributed by atoms with Gasteiger partial charge in [-0.25, -0.2) is 0 Å². The first-order valence-electron chi connectivity index (χ1n) is 16.3. The maximum absolute atomic E-state index is 13.0. The van der Waals surface area contributed by atoms with E-state index in [0.717, 1.165) is 42.4 Å². The van der Waals surface area contributed by atoms with Crippen LogP contribution in [-0.4, -0.2) is 60.0 Å². The second kappa shape index (κ2) is 14.5. The van der Waals surface area contributed by atoms with E-state index in [4.69, 9.17) is 15.2 Å². The van der Waals surface area contributed by atoms with Gasteiger partial charge in [0, 0.05) is 49.4 Å². The summed E-state index contributed by atoms with van der Waals surface area (Å²) in [5.41, 5.74) is 10.2. The molecule has 3 aliphatic rings. The highest BCUT2D eigenvalue weighted by Gasteiger charge is 2.39. The molecular weight excluding hydrogens is 570 g/mol. The Labute approximate surface area is 266 Å². The number of Topliss-reactive ketones (excluding diaryl/α,β-unsaturated/α-hetero) is 1. The largest absolute Gasteiger partial charge is 0.504 e. The number of nitrogens with one attached hydrogen (secondary N) is 1. The van der Waals surface area contributed by atoms with Crippen LogP contribution in [0.2, 0.25) is 0 Å². The molecule has 0 radical (unpaired) electrons. The molecule has 4 unspecified atom stereocenters. The molecule has 0 amide bonds.